The summed E-state index contributed by atoms with van der Waals surface area (Å²) in [7, 11) is 0. The van der Waals surface area contributed by atoms with Crippen molar-refractivity contribution in [3.05, 3.63) is 23.5 Å². The highest BCUT2D eigenvalue weighted by molar-refractivity contribution is 5.46. The zero-order valence-corrected chi connectivity index (χ0v) is 9.71. The smallest absolute Gasteiger partial charge is 0.0531 e. The molecule has 2 rings (SSSR count). The lowest BCUT2D eigenvalue weighted by Gasteiger charge is -2.14. The minimum absolute atomic E-state index is 0.552. The number of aryl methyl sites for hydroxylation is 2. The predicted octanol–water partition coefficient (Wildman–Crippen LogP) is 3.17. The molecule has 2 nitrogen and oxygen atoms in total. The first kappa shape index (κ1) is 10.5. The minimum Gasteiger partial charge on any atom is -0.381 e. The molecule has 0 amide bonds. The van der Waals surface area contributed by atoms with Crippen LogP contribution in [0.1, 0.15) is 44.4 Å². The summed E-state index contributed by atoms with van der Waals surface area (Å²) in [6.45, 7) is 4.45. The number of fused-ring (bicyclic) bond motifs is 1. The van der Waals surface area contributed by atoms with Crippen molar-refractivity contribution in [1.82, 2.24) is 4.98 Å². The van der Waals surface area contributed by atoms with E-state index < -0.39 is 0 Å². The largest absolute Gasteiger partial charge is 0.381 e. The molecule has 0 saturated heterocycles. The van der Waals surface area contributed by atoms with Crippen LogP contribution in [-0.2, 0) is 12.8 Å². The molecule has 1 aromatic heterocycles. The lowest BCUT2D eigenvalue weighted by molar-refractivity contribution is 0.690. The highest BCUT2D eigenvalue weighted by Crippen LogP contribution is 2.23. The van der Waals surface area contributed by atoms with Crippen LogP contribution < -0.4 is 5.32 Å². The summed E-state index contributed by atoms with van der Waals surface area (Å²) in [6, 6.07) is 2.83. The topological polar surface area (TPSA) is 24.9 Å². The van der Waals surface area contributed by atoms with E-state index >= 15 is 0 Å². The van der Waals surface area contributed by atoms with Gasteiger partial charge in [-0.15, -0.1) is 0 Å². The van der Waals surface area contributed by atoms with Gasteiger partial charge in [0, 0.05) is 11.7 Å². The first-order chi connectivity index (χ1) is 7.29. The van der Waals surface area contributed by atoms with Crippen molar-refractivity contribution in [3.8, 4) is 0 Å². The second kappa shape index (κ2) is 4.65. The van der Waals surface area contributed by atoms with E-state index in [0.29, 0.717) is 6.04 Å². The average Bonchev–Trinajstić information content (AvgIpc) is 2.65. The molecule has 0 aliphatic heterocycles. The fourth-order valence-corrected chi connectivity index (χ4v) is 2.30. The van der Waals surface area contributed by atoms with Crippen molar-refractivity contribution in [2.24, 2.45) is 0 Å². The number of nitrogens with one attached hydrogen (secondary N) is 1. The summed E-state index contributed by atoms with van der Waals surface area (Å²) in [4.78, 5) is 4.51. The summed E-state index contributed by atoms with van der Waals surface area (Å²) in [5.41, 5.74) is 3.95. The monoisotopic (exact) mass is 204 g/mol. The number of pyridine rings is 1. The van der Waals surface area contributed by atoms with Crippen LogP contribution in [0.25, 0.3) is 0 Å². The molecule has 1 heterocycles. The molecule has 0 spiro atoms. The van der Waals surface area contributed by atoms with Gasteiger partial charge in [-0.3, -0.25) is 4.98 Å². The van der Waals surface area contributed by atoms with Crippen LogP contribution in [-0.4, -0.2) is 11.0 Å². The second-order valence-electron chi connectivity index (χ2n) is 4.52. The first-order valence-electron chi connectivity index (χ1n) is 6.04. The number of hydrogen-bond donors (Lipinski definition) is 1. The number of hydrogen-bond acceptors (Lipinski definition) is 2. The minimum atomic E-state index is 0.552. The van der Waals surface area contributed by atoms with Crippen molar-refractivity contribution in [2.75, 3.05) is 5.32 Å². The Balaban J connectivity index is 2.03. The van der Waals surface area contributed by atoms with Crippen LogP contribution in [0.5, 0.6) is 0 Å². The zero-order valence-electron chi connectivity index (χ0n) is 9.71. The Morgan fingerprint density at radius 2 is 2.33 bits per heavy atom. The van der Waals surface area contributed by atoms with Crippen LogP contribution in [0.3, 0.4) is 0 Å². The standard InChI is InChI=1S/C13H20N2/c1-3-5-10(2)15-12-8-11-6-4-7-13(11)14-9-12/h8-10,15H,3-7H2,1-2H3. The Morgan fingerprint density at radius 1 is 1.47 bits per heavy atom. The molecule has 15 heavy (non-hydrogen) atoms. The summed E-state index contributed by atoms with van der Waals surface area (Å²) >= 11 is 0. The molecule has 1 atom stereocenters. The maximum atomic E-state index is 4.51. The van der Waals surface area contributed by atoms with Crippen molar-refractivity contribution < 1.29 is 0 Å². The molecular weight excluding hydrogens is 184 g/mol. The number of aromatic nitrogens is 1. The molecule has 1 N–H and O–H groups in total. The lowest BCUT2D eigenvalue weighted by Crippen LogP contribution is -2.14. The molecular formula is C13H20N2. The molecule has 1 aliphatic carbocycles. The van der Waals surface area contributed by atoms with E-state index in [1.54, 1.807) is 0 Å². The fourth-order valence-electron chi connectivity index (χ4n) is 2.30. The second-order valence-corrected chi connectivity index (χ2v) is 4.52. The predicted molar refractivity (Wildman–Crippen MR) is 64.3 cm³/mol. The van der Waals surface area contributed by atoms with Gasteiger partial charge in [0.25, 0.3) is 0 Å². The summed E-state index contributed by atoms with van der Waals surface area (Å²) in [6.07, 6.45) is 8.08. The van der Waals surface area contributed by atoms with Gasteiger partial charge in [-0.1, -0.05) is 13.3 Å². The van der Waals surface area contributed by atoms with Crippen LogP contribution in [0, 0.1) is 0 Å². The van der Waals surface area contributed by atoms with Gasteiger partial charge in [0.2, 0.25) is 0 Å². The Hall–Kier alpha value is -1.05. The van der Waals surface area contributed by atoms with E-state index in [1.165, 1.54) is 49.0 Å². The van der Waals surface area contributed by atoms with Gasteiger partial charge in [0.05, 0.1) is 11.9 Å². The highest BCUT2D eigenvalue weighted by Gasteiger charge is 2.12. The van der Waals surface area contributed by atoms with Crippen molar-refractivity contribution >= 4 is 5.69 Å². The maximum absolute atomic E-state index is 4.51. The van der Waals surface area contributed by atoms with Crippen molar-refractivity contribution in [2.45, 2.75) is 52.0 Å². The van der Waals surface area contributed by atoms with E-state index in [4.69, 9.17) is 0 Å². The molecule has 1 unspecified atom stereocenters. The number of rotatable bonds is 4. The van der Waals surface area contributed by atoms with Gasteiger partial charge in [0.15, 0.2) is 0 Å². The molecule has 2 heteroatoms. The lowest BCUT2D eigenvalue weighted by atomic mass is 10.1. The summed E-state index contributed by atoms with van der Waals surface area (Å²) < 4.78 is 0. The average molecular weight is 204 g/mol. The number of anilines is 1. The highest BCUT2D eigenvalue weighted by atomic mass is 14.9. The van der Waals surface area contributed by atoms with Gasteiger partial charge in [-0.2, -0.15) is 0 Å². The molecule has 1 aromatic rings. The Labute approximate surface area is 92.1 Å². The first-order valence-corrected chi connectivity index (χ1v) is 6.04. The van der Waals surface area contributed by atoms with Crippen molar-refractivity contribution in [3.63, 3.8) is 0 Å². The molecule has 82 valence electrons. The Kier molecular flexibility index (Phi) is 3.24. The van der Waals surface area contributed by atoms with E-state index in [9.17, 15) is 0 Å². The Bertz CT molecular complexity index is 333. The van der Waals surface area contributed by atoms with Gasteiger partial charge in [-0.05, 0) is 44.2 Å². The quantitative estimate of drug-likeness (QED) is 0.814. The van der Waals surface area contributed by atoms with Gasteiger partial charge >= 0.3 is 0 Å². The molecule has 0 bridgehead atoms. The summed E-state index contributed by atoms with van der Waals surface area (Å²) in [5, 5.41) is 3.51. The molecule has 0 aromatic carbocycles. The van der Waals surface area contributed by atoms with Crippen LogP contribution in [0.2, 0.25) is 0 Å². The van der Waals surface area contributed by atoms with Gasteiger partial charge < -0.3 is 5.32 Å². The van der Waals surface area contributed by atoms with Crippen molar-refractivity contribution in [1.29, 1.82) is 0 Å². The van der Waals surface area contributed by atoms with Crippen LogP contribution in [0.4, 0.5) is 5.69 Å². The fraction of sp³-hybridized carbons (Fsp3) is 0.615. The third-order valence-corrected chi connectivity index (χ3v) is 3.05. The zero-order chi connectivity index (χ0) is 10.7. The van der Waals surface area contributed by atoms with E-state index in [2.05, 4.69) is 30.2 Å². The Morgan fingerprint density at radius 3 is 3.13 bits per heavy atom. The normalized spacial score (nSPS) is 16.1. The molecule has 0 radical (unpaired) electrons. The third-order valence-electron chi connectivity index (χ3n) is 3.05. The van der Waals surface area contributed by atoms with E-state index in [0.717, 1.165) is 0 Å². The summed E-state index contributed by atoms with van der Waals surface area (Å²) in [5.74, 6) is 0. The molecule has 0 fully saturated rings. The molecule has 1 aliphatic rings. The maximum Gasteiger partial charge on any atom is 0.0531 e. The van der Waals surface area contributed by atoms with Gasteiger partial charge in [0.1, 0.15) is 0 Å². The molecule has 0 saturated carbocycles. The van der Waals surface area contributed by atoms with E-state index in [1.807, 2.05) is 6.20 Å². The SMILES string of the molecule is CCCC(C)Nc1cnc2c(c1)CCC2. The van der Waals surface area contributed by atoms with Crippen LogP contribution in [0.15, 0.2) is 12.3 Å². The third kappa shape index (κ3) is 2.49. The van der Waals surface area contributed by atoms with E-state index in [-0.39, 0.29) is 0 Å². The van der Waals surface area contributed by atoms with Gasteiger partial charge in [-0.25, -0.2) is 0 Å². The van der Waals surface area contributed by atoms with Crippen LogP contribution >= 0.6 is 0 Å². The number of nitrogens with zero attached hydrogens (tertiary/aromatic N) is 1.